The van der Waals surface area contributed by atoms with Crippen molar-refractivity contribution in [3.63, 3.8) is 0 Å². The van der Waals surface area contributed by atoms with Crippen molar-refractivity contribution >= 4 is 11.9 Å². The predicted octanol–water partition coefficient (Wildman–Crippen LogP) is 6.99. The minimum atomic E-state index is -0.196. The van der Waals surface area contributed by atoms with Crippen LogP contribution in [0.4, 0.5) is 0 Å². The number of carbonyl (C=O) groups excluding carboxylic acids is 2. The van der Waals surface area contributed by atoms with Crippen molar-refractivity contribution in [1.82, 2.24) is 0 Å². The average molecular weight is 399 g/mol. The fourth-order valence-corrected chi connectivity index (χ4v) is 3.52. The van der Waals surface area contributed by atoms with Crippen LogP contribution in [-0.2, 0) is 19.1 Å². The summed E-state index contributed by atoms with van der Waals surface area (Å²) >= 11 is 0. The summed E-state index contributed by atoms with van der Waals surface area (Å²) in [5.41, 5.74) is 0. The zero-order chi connectivity index (χ0) is 21.0. The van der Waals surface area contributed by atoms with Gasteiger partial charge >= 0.3 is 11.9 Å². The molecule has 28 heavy (non-hydrogen) atoms. The Bertz CT molecular complexity index is 381. The van der Waals surface area contributed by atoms with E-state index in [4.69, 9.17) is 9.47 Å². The molecule has 0 aromatic carbocycles. The molecule has 0 radical (unpaired) electrons. The van der Waals surface area contributed by atoms with Gasteiger partial charge in [-0.15, -0.1) is 0 Å². The molecule has 0 saturated heterocycles. The molecule has 0 aromatic rings. The first-order chi connectivity index (χ1) is 13.5. The van der Waals surface area contributed by atoms with Crippen LogP contribution in [0.15, 0.2) is 0 Å². The van der Waals surface area contributed by atoms with E-state index in [1.54, 1.807) is 0 Å². The summed E-state index contributed by atoms with van der Waals surface area (Å²) in [4.78, 5) is 23.7. The van der Waals surface area contributed by atoms with E-state index >= 15 is 0 Å². The predicted molar refractivity (Wildman–Crippen MR) is 116 cm³/mol. The van der Waals surface area contributed by atoms with Crippen LogP contribution in [0, 0.1) is 5.92 Å². The van der Waals surface area contributed by atoms with Crippen LogP contribution >= 0.6 is 0 Å². The summed E-state index contributed by atoms with van der Waals surface area (Å²) in [6.45, 7) is 9.07. The molecule has 0 saturated carbocycles. The van der Waals surface area contributed by atoms with Gasteiger partial charge in [0.25, 0.3) is 0 Å². The monoisotopic (exact) mass is 398 g/mol. The Hall–Kier alpha value is -1.06. The van der Waals surface area contributed by atoms with E-state index in [0.717, 1.165) is 32.1 Å². The fraction of sp³-hybridized carbons (Fsp3) is 0.917. The third kappa shape index (κ3) is 15.9. The lowest BCUT2D eigenvalue weighted by Crippen LogP contribution is -2.24. The lowest BCUT2D eigenvalue weighted by atomic mass is 9.97. The number of hydrogen-bond donors (Lipinski definition) is 0. The molecule has 2 unspecified atom stereocenters. The Balaban J connectivity index is 3.59. The van der Waals surface area contributed by atoms with Crippen LogP contribution in [0.25, 0.3) is 0 Å². The van der Waals surface area contributed by atoms with Gasteiger partial charge in [0.1, 0.15) is 6.10 Å². The minimum absolute atomic E-state index is 0.00829. The van der Waals surface area contributed by atoms with Crippen molar-refractivity contribution in [3.05, 3.63) is 0 Å². The molecule has 4 nitrogen and oxygen atoms in total. The highest BCUT2D eigenvalue weighted by molar-refractivity contribution is 5.72. The van der Waals surface area contributed by atoms with Crippen molar-refractivity contribution < 1.29 is 19.1 Å². The summed E-state index contributed by atoms with van der Waals surface area (Å²) < 4.78 is 10.8. The van der Waals surface area contributed by atoms with E-state index < -0.39 is 0 Å². The quantitative estimate of drug-likeness (QED) is 0.174. The lowest BCUT2D eigenvalue weighted by molar-refractivity contribution is -0.152. The summed E-state index contributed by atoms with van der Waals surface area (Å²) in [6, 6.07) is 0. The third-order valence-corrected chi connectivity index (χ3v) is 5.34. The van der Waals surface area contributed by atoms with Gasteiger partial charge in [0.15, 0.2) is 0 Å². The Morgan fingerprint density at radius 2 is 1.29 bits per heavy atom. The second-order valence-corrected chi connectivity index (χ2v) is 8.10. The topological polar surface area (TPSA) is 52.6 Å². The Kier molecular flexibility index (Phi) is 18.5. The van der Waals surface area contributed by atoms with Gasteiger partial charge < -0.3 is 9.47 Å². The Labute approximate surface area is 174 Å². The summed E-state index contributed by atoms with van der Waals surface area (Å²) in [5.74, 6) is 0.000513. The number of ether oxygens (including phenoxy) is 2. The van der Waals surface area contributed by atoms with Gasteiger partial charge in [-0.3, -0.25) is 9.59 Å². The molecular weight excluding hydrogens is 352 g/mol. The summed E-state index contributed by atoms with van der Waals surface area (Å²) in [6.07, 6.45) is 15.4. The standard InChI is InChI=1S/C24H46O4/c1-5-8-9-10-11-12-13-14-15-20-27-23(25)18-16-19-24(26)28-22(7-3)21(4)17-6-2/h21-22H,5-20H2,1-4H3. The maximum Gasteiger partial charge on any atom is 0.306 e. The first-order valence-electron chi connectivity index (χ1n) is 11.9. The van der Waals surface area contributed by atoms with Crippen LogP contribution < -0.4 is 0 Å². The van der Waals surface area contributed by atoms with Gasteiger partial charge in [-0.05, 0) is 31.6 Å². The highest BCUT2D eigenvalue weighted by Gasteiger charge is 2.19. The van der Waals surface area contributed by atoms with E-state index in [2.05, 4.69) is 20.8 Å². The average Bonchev–Trinajstić information content (AvgIpc) is 2.67. The molecule has 0 N–H and O–H groups in total. The zero-order valence-corrected chi connectivity index (χ0v) is 19.1. The molecule has 166 valence electrons. The van der Waals surface area contributed by atoms with Gasteiger partial charge in [0, 0.05) is 12.8 Å². The zero-order valence-electron chi connectivity index (χ0n) is 19.1. The van der Waals surface area contributed by atoms with Gasteiger partial charge in [0.2, 0.25) is 0 Å². The van der Waals surface area contributed by atoms with Gasteiger partial charge in [-0.1, -0.05) is 85.5 Å². The van der Waals surface area contributed by atoms with Crippen molar-refractivity contribution in [3.8, 4) is 0 Å². The maximum absolute atomic E-state index is 12.0. The van der Waals surface area contributed by atoms with Crippen molar-refractivity contribution in [2.45, 2.75) is 130 Å². The van der Waals surface area contributed by atoms with Crippen molar-refractivity contribution in [1.29, 1.82) is 0 Å². The number of hydrogen-bond acceptors (Lipinski definition) is 4. The molecule has 0 heterocycles. The summed E-state index contributed by atoms with van der Waals surface area (Å²) in [5, 5.41) is 0. The van der Waals surface area contributed by atoms with Crippen LogP contribution in [0.2, 0.25) is 0 Å². The maximum atomic E-state index is 12.0. The Morgan fingerprint density at radius 3 is 1.86 bits per heavy atom. The molecule has 0 aliphatic carbocycles. The number of carbonyl (C=O) groups is 2. The van der Waals surface area contributed by atoms with Gasteiger partial charge in [0.05, 0.1) is 6.61 Å². The first-order valence-corrected chi connectivity index (χ1v) is 11.9. The Morgan fingerprint density at radius 1 is 0.714 bits per heavy atom. The van der Waals surface area contributed by atoms with Gasteiger partial charge in [-0.2, -0.15) is 0 Å². The molecule has 2 atom stereocenters. The van der Waals surface area contributed by atoms with Gasteiger partial charge in [-0.25, -0.2) is 0 Å². The smallest absolute Gasteiger partial charge is 0.306 e. The fourth-order valence-electron chi connectivity index (χ4n) is 3.52. The molecule has 0 aromatic heterocycles. The third-order valence-electron chi connectivity index (χ3n) is 5.34. The molecule has 4 heteroatoms. The number of rotatable bonds is 19. The molecule has 0 spiro atoms. The molecule has 0 rings (SSSR count). The van der Waals surface area contributed by atoms with E-state index in [0.29, 0.717) is 31.8 Å². The molecule has 0 fully saturated rings. The number of esters is 2. The van der Waals surface area contributed by atoms with E-state index in [1.165, 1.54) is 44.9 Å². The van der Waals surface area contributed by atoms with E-state index in [1.807, 2.05) is 6.92 Å². The van der Waals surface area contributed by atoms with Crippen LogP contribution in [-0.4, -0.2) is 24.6 Å². The second-order valence-electron chi connectivity index (χ2n) is 8.10. The molecular formula is C24H46O4. The van der Waals surface area contributed by atoms with Crippen molar-refractivity contribution in [2.75, 3.05) is 6.61 Å². The minimum Gasteiger partial charge on any atom is -0.466 e. The lowest BCUT2D eigenvalue weighted by Gasteiger charge is -2.22. The largest absolute Gasteiger partial charge is 0.466 e. The van der Waals surface area contributed by atoms with E-state index in [-0.39, 0.29) is 18.0 Å². The first kappa shape index (κ1) is 26.9. The normalized spacial score (nSPS) is 13.1. The molecule has 0 bridgehead atoms. The highest BCUT2D eigenvalue weighted by Crippen LogP contribution is 2.18. The SMILES string of the molecule is CCCCCCCCCCCOC(=O)CCCC(=O)OC(CC)C(C)CCC. The number of unbranched alkanes of at least 4 members (excludes halogenated alkanes) is 8. The molecule has 0 aliphatic rings. The summed E-state index contributed by atoms with van der Waals surface area (Å²) in [7, 11) is 0. The second kappa shape index (κ2) is 19.3. The molecule has 0 amide bonds. The van der Waals surface area contributed by atoms with Crippen LogP contribution in [0.1, 0.15) is 124 Å². The molecule has 0 aliphatic heterocycles. The van der Waals surface area contributed by atoms with Crippen LogP contribution in [0.5, 0.6) is 0 Å². The highest BCUT2D eigenvalue weighted by atomic mass is 16.5. The van der Waals surface area contributed by atoms with Crippen LogP contribution in [0.3, 0.4) is 0 Å². The van der Waals surface area contributed by atoms with E-state index in [9.17, 15) is 9.59 Å². The van der Waals surface area contributed by atoms with Crippen molar-refractivity contribution in [2.24, 2.45) is 5.92 Å².